The normalized spacial score (nSPS) is 12.8. The number of hydrogen-bond donors (Lipinski definition) is 0. The van der Waals surface area contributed by atoms with E-state index in [4.69, 9.17) is 4.99 Å². The van der Waals surface area contributed by atoms with E-state index in [2.05, 4.69) is 69.7 Å². The first-order valence-electron chi connectivity index (χ1n) is 8.10. The molecule has 1 aromatic heterocycles. The molecule has 0 aliphatic rings. The molecule has 0 atom stereocenters. The second-order valence-electron chi connectivity index (χ2n) is 7.94. The summed E-state index contributed by atoms with van der Waals surface area (Å²) in [5, 5.41) is 0. The van der Waals surface area contributed by atoms with Crippen LogP contribution < -0.4 is 0 Å². The molecule has 0 N–H and O–H groups in total. The highest BCUT2D eigenvalue weighted by Crippen LogP contribution is 2.35. The van der Waals surface area contributed by atoms with E-state index in [1.54, 1.807) is 18.6 Å². The number of aliphatic imine (C=N–C) groups is 1. The Bertz CT molecular complexity index is 674. The zero-order chi connectivity index (χ0) is 17.1. The van der Waals surface area contributed by atoms with Gasteiger partial charge in [-0.25, -0.2) is 0 Å². The fourth-order valence-electron chi connectivity index (χ4n) is 2.41. The SMILES string of the molecule is CC(C)(C)c1ccc(C(C)(C)C)c(N=CCc2cnccn2)c1. The van der Waals surface area contributed by atoms with Crippen molar-refractivity contribution in [2.75, 3.05) is 0 Å². The van der Waals surface area contributed by atoms with Crippen LogP contribution in [0.2, 0.25) is 0 Å². The van der Waals surface area contributed by atoms with Crippen LogP contribution in [0.3, 0.4) is 0 Å². The molecule has 2 rings (SSSR count). The van der Waals surface area contributed by atoms with Crippen molar-refractivity contribution in [1.82, 2.24) is 9.97 Å². The Morgan fingerprint density at radius 2 is 1.74 bits per heavy atom. The molecule has 0 spiro atoms. The van der Waals surface area contributed by atoms with Gasteiger partial charge in [-0.3, -0.25) is 15.0 Å². The number of benzene rings is 1. The van der Waals surface area contributed by atoms with Gasteiger partial charge in [0.15, 0.2) is 0 Å². The third-order valence-electron chi connectivity index (χ3n) is 3.82. The minimum Gasteiger partial charge on any atom is -0.261 e. The first-order valence-corrected chi connectivity index (χ1v) is 8.10. The topological polar surface area (TPSA) is 38.1 Å². The van der Waals surface area contributed by atoms with Gasteiger partial charge in [0.05, 0.1) is 11.4 Å². The monoisotopic (exact) mass is 309 g/mol. The number of hydrogen-bond acceptors (Lipinski definition) is 3. The van der Waals surface area contributed by atoms with E-state index in [0.717, 1.165) is 11.4 Å². The molecule has 0 unspecified atom stereocenters. The fourth-order valence-corrected chi connectivity index (χ4v) is 2.41. The van der Waals surface area contributed by atoms with Gasteiger partial charge in [-0.1, -0.05) is 53.7 Å². The molecule has 0 fully saturated rings. The Kier molecular flexibility index (Phi) is 4.98. The number of aromatic nitrogens is 2. The summed E-state index contributed by atoms with van der Waals surface area (Å²) >= 11 is 0. The van der Waals surface area contributed by atoms with Crippen molar-refractivity contribution >= 4 is 11.9 Å². The Hall–Kier alpha value is -2.03. The maximum atomic E-state index is 4.75. The van der Waals surface area contributed by atoms with Gasteiger partial charge < -0.3 is 0 Å². The quantitative estimate of drug-likeness (QED) is 0.747. The van der Waals surface area contributed by atoms with Crippen molar-refractivity contribution in [3.63, 3.8) is 0 Å². The van der Waals surface area contributed by atoms with Gasteiger partial charge in [-0.15, -0.1) is 0 Å². The van der Waals surface area contributed by atoms with Gasteiger partial charge in [-0.05, 0) is 28.0 Å². The molecule has 0 aliphatic carbocycles. The molecular formula is C20H27N3. The lowest BCUT2D eigenvalue weighted by atomic mass is 9.81. The summed E-state index contributed by atoms with van der Waals surface area (Å²) in [5.41, 5.74) is 4.73. The van der Waals surface area contributed by atoms with E-state index >= 15 is 0 Å². The van der Waals surface area contributed by atoms with E-state index < -0.39 is 0 Å². The second-order valence-corrected chi connectivity index (χ2v) is 7.94. The standard InChI is InChI=1S/C20H27N3/c1-19(2,3)15-7-8-17(20(4,5)6)18(13-15)23-10-9-16-14-21-11-12-22-16/h7-8,10-14H,9H2,1-6H3. The molecule has 23 heavy (non-hydrogen) atoms. The lowest BCUT2D eigenvalue weighted by molar-refractivity contribution is 0.578. The average molecular weight is 309 g/mol. The summed E-state index contributed by atoms with van der Waals surface area (Å²) in [6.45, 7) is 13.4. The Morgan fingerprint density at radius 1 is 1.00 bits per heavy atom. The van der Waals surface area contributed by atoms with Gasteiger partial charge in [0.2, 0.25) is 0 Å². The predicted octanol–water partition coefficient (Wildman–Crippen LogP) is 5.02. The number of rotatable bonds is 3. The van der Waals surface area contributed by atoms with E-state index in [1.165, 1.54) is 11.1 Å². The zero-order valence-corrected chi connectivity index (χ0v) is 15.1. The molecule has 0 amide bonds. The maximum absolute atomic E-state index is 4.75. The average Bonchev–Trinajstić information content (AvgIpc) is 2.46. The van der Waals surface area contributed by atoms with Crippen LogP contribution in [0.1, 0.15) is 58.4 Å². The Balaban J connectivity index is 2.34. The molecule has 1 aromatic carbocycles. The lowest BCUT2D eigenvalue weighted by Crippen LogP contribution is -2.15. The summed E-state index contributed by atoms with van der Waals surface area (Å²) in [7, 11) is 0. The molecular weight excluding hydrogens is 282 g/mol. The van der Waals surface area contributed by atoms with Crippen LogP contribution in [-0.2, 0) is 17.3 Å². The van der Waals surface area contributed by atoms with Gasteiger partial charge in [-0.2, -0.15) is 0 Å². The van der Waals surface area contributed by atoms with Crippen LogP contribution in [0.15, 0.2) is 41.8 Å². The minimum atomic E-state index is 0.0651. The predicted molar refractivity (Wildman–Crippen MR) is 97.7 cm³/mol. The van der Waals surface area contributed by atoms with Crippen LogP contribution in [-0.4, -0.2) is 16.2 Å². The molecule has 122 valence electrons. The van der Waals surface area contributed by atoms with Gasteiger partial charge >= 0.3 is 0 Å². The largest absolute Gasteiger partial charge is 0.261 e. The van der Waals surface area contributed by atoms with Gasteiger partial charge in [0, 0.05) is 31.2 Å². The molecule has 0 bridgehead atoms. The van der Waals surface area contributed by atoms with Crippen molar-refractivity contribution in [2.24, 2.45) is 4.99 Å². The van der Waals surface area contributed by atoms with Crippen LogP contribution in [0.25, 0.3) is 0 Å². The second kappa shape index (κ2) is 6.61. The lowest BCUT2D eigenvalue weighted by Gasteiger charge is -2.25. The summed E-state index contributed by atoms with van der Waals surface area (Å²) in [5.74, 6) is 0. The molecule has 0 saturated heterocycles. The van der Waals surface area contributed by atoms with Crippen LogP contribution >= 0.6 is 0 Å². The third-order valence-corrected chi connectivity index (χ3v) is 3.82. The van der Waals surface area contributed by atoms with Gasteiger partial charge in [0.25, 0.3) is 0 Å². The molecule has 1 heterocycles. The molecule has 0 saturated carbocycles. The molecule has 3 nitrogen and oxygen atoms in total. The van der Waals surface area contributed by atoms with Crippen molar-refractivity contribution in [2.45, 2.75) is 58.8 Å². The molecule has 2 aromatic rings. The third kappa shape index (κ3) is 4.72. The van der Waals surface area contributed by atoms with E-state index in [-0.39, 0.29) is 10.8 Å². The van der Waals surface area contributed by atoms with Crippen molar-refractivity contribution < 1.29 is 0 Å². The summed E-state index contributed by atoms with van der Waals surface area (Å²) < 4.78 is 0. The Morgan fingerprint density at radius 3 is 2.30 bits per heavy atom. The van der Waals surface area contributed by atoms with Gasteiger partial charge in [0.1, 0.15) is 0 Å². The highest BCUT2D eigenvalue weighted by Gasteiger charge is 2.21. The Labute approximate surface area is 139 Å². The fraction of sp³-hybridized carbons (Fsp3) is 0.450. The maximum Gasteiger partial charge on any atom is 0.0666 e. The van der Waals surface area contributed by atoms with Crippen molar-refractivity contribution in [3.05, 3.63) is 53.6 Å². The minimum absolute atomic E-state index is 0.0651. The first-order chi connectivity index (χ1) is 10.7. The van der Waals surface area contributed by atoms with Crippen LogP contribution in [0, 0.1) is 0 Å². The smallest absolute Gasteiger partial charge is 0.0666 e. The number of nitrogens with zero attached hydrogens (tertiary/aromatic N) is 3. The molecule has 0 aliphatic heterocycles. The summed E-state index contributed by atoms with van der Waals surface area (Å²) in [6.07, 6.45) is 7.80. The van der Waals surface area contributed by atoms with Crippen molar-refractivity contribution in [3.8, 4) is 0 Å². The zero-order valence-electron chi connectivity index (χ0n) is 15.1. The van der Waals surface area contributed by atoms with Crippen LogP contribution in [0.4, 0.5) is 5.69 Å². The molecule has 0 radical (unpaired) electrons. The van der Waals surface area contributed by atoms with Crippen LogP contribution in [0.5, 0.6) is 0 Å². The summed E-state index contributed by atoms with van der Waals surface area (Å²) in [4.78, 5) is 13.1. The highest BCUT2D eigenvalue weighted by atomic mass is 14.8. The molecule has 3 heteroatoms. The highest BCUT2D eigenvalue weighted by molar-refractivity contribution is 5.68. The summed E-state index contributed by atoms with van der Waals surface area (Å²) in [6, 6.07) is 6.66. The van der Waals surface area contributed by atoms with Crippen molar-refractivity contribution in [1.29, 1.82) is 0 Å². The van der Waals surface area contributed by atoms with E-state index in [0.29, 0.717) is 6.42 Å². The van der Waals surface area contributed by atoms with E-state index in [9.17, 15) is 0 Å². The first kappa shape index (κ1) is 17.3. The van der Waals surface area contributed by atoms with E-state index in [1.807, 2.05) is 6.21 Å².